The maximum Gasteiger partial charge on any atom is 0.286 e. The van der Waals surface area contributed by atoms with E-state index >= 15 is 0 Å². The van der Waals surface area contributed by atoms with Gasteiger partial charge in [0.1, 0.15) is 5.69 Å². The summed E-state index contributed by atoms with van der Waals surface area (Å²) in [7, 11) is 0. The van der Waals surface area contributed by atoms with Crippen LogP contribution in [0.3, 0.4) is 0 Å². The number of alkyl halides is 2. The Morgan fingerprint density at radius 2 is 2.17 bits per heavy atom. The van der Waals surface area contributed by atoms with Gasteiger partial charge in [-0.2, -0.15) is 8.78 Å². The molecule has 0 aliphatic heterocycles. The molecule has 0 bridgehead atoms. The summed E-state index contributed by atoms with van der Waals surface area (Å²) in [4.78, 5) is 3.59. The van der Waals surface area contributed by atoms with Gasteiger partial charge in [-0.05, 0) is 11.6 Å². The maximum atomic E-state index is 12.6. The lowest BCUT2D eigenvalue weighted by Crippen LogP contribution is -2.10. The molecule has 0 saturated carbocycles. The van der Waals surface area contributed by atoms with Gasteiger partial charge in [-0.3, -0.25) is 4.98 Å². The van der Waals surface area contributed by atoms with Gasteiger partial charge in [0.25, 0.3) is 5.92 Å². The second kappa shape index (κ2) is 3.15. The molecule has 0 aliphatic rings. The van der Waals surface area contributed by atoms with E-state index in [0.29, 0.717) is 6.54 Å². The quantitative estimate of drug-likeness (QED) is 0.736. The largest absolute Gasteiger partial charge is 0.326 e. The van der Waals surface area contributed by atoms with Crippen molar-refractivity contribution in [3.8, 4) is 0 Å². The third kappa shape index (κ3) is 1.98. The highest BCUT2D eigenvalue weighted by Crippen LogP contribution is 2.24. The zero-order valence-electron chi connectivity index (χ0n) is 6.72. The molecule has 1 heterocycles. The number of hydrogen-bond acceptors (Lipinski definition) is 2. The number of aromatic nitrogens is 1. The molecule has 66 valence electrons. The Labute approximate surface area is 69.4 Å². The first-order valence-corrected chi connectivity index (χ1v) is 3.57. The van der Waals surface area contributed by atoms with Crippen molar-refractivity contribution in [2.45, 2.75) is 19.4 Å². The number of rotatable bonds is 2. The van der Waals surface area contributed by atoms with Gasteiger partial charge in [-0.1, -0.05) is 6.07 Å². The Morgan fingerprint density at radius 3 is 2.50 bits per heavy atom. The fourth-order valence-corrected chi connectivity index (χ4v) is 0.805. The molecular formula is C8H10F2N2. The number of nitrogens with zero attached hydrogens (tertiary/aromatic N) is 1. The molecule has 0 atom stereocenters. The zero-order valence-corrected chi connectivity index (χ0v) is 6.72. The second-order valence-corrected chi connectivity index (χ2v) is 2.64. The summed E-state index contributed by atoms with van der Waals surface area (Å²) in [6.45, 7) is 1.14. The molecule has 2 N–H and O–H groups in total. The fourth-order valence-electron chi connectivity index (χ4n) is 0.805. The van der Waals surface area contributed by atoms with Crippen molar-refractivity contribution >= 4 is 0 Å². The van der Waals surface area contributed by atoms with Crippen molar-refractivity contribution in [2.24, 2.45) is 5.73 Å². The van der Waals surface area contributed by atoms with E-state index in [1.807, 2.05) is 0 Å². The molecule has 1 aromatic rings. The summed E-state index contributed by atoms with van der Waals surface area (Å²) in [5, 5.41) is 0. The molecule has 0 aliphatic carbocycles. The number of pyridine rings is 1. The summed E-state index contributed by atoms with van der Waals surface area (Å²) in [6, 6.07) is 2.85. The van der Waals surface area contributed by atoms with Crippen LogP contribution in [0.2, 0.25) is 0 Å². The summed E-state index contributed by atoms with van der Waals surface area (Å²) in [5.41, 5.74) is 5.81. The van der Waals surface area contributed by atoms with Crippen LogP contribution in [0.5, 0.6) is 0 Å². The molecule has 12 heavy (non-hydrogen) atoms. The van der Waals surface area contributed by atoms with E-state index in [9.17, 15) is 8.78 Å². The van der Waals surface area contributed by atoms with Crippen LogP contribution >= 0.6 is 0 Å². The molecule has 0 unspecified atom stereocenters. The Hall–Kier alpha value is -1.03. The van der Waals surface area contributed by atoms with Crippen molar-refractivity contribution < 1.29 is 8.78 Å². The average molecular weight is 172 g/mol. The van der Waals surface area contributed by atoms with E-state index < -0.39 is 5.92 Å². The van der Waals surface area contributed by atoms with Gasteiger partial charge in [-0.15, -0.1) is 0 Å². The fraction of sp³-hybridized carbons (Fsp3) is 0.375. The summed E-state index contributed by atoms with van der Waals surface area (Å²) < 4.78 is 25.2. The molecule has 0 saturated heterocycles. The van der Waals surface area contributed by atoms with Crippen LogP contribution in [0.15, 0.2) is 18.3 Å². The van der Waals surface area contributed by atoms with E-state index in [1.165, 1.54) is 12.3 Å². The summed E-state index contributed by atoms with van der Waals surface area (Å²) >= 11 is 0. The monoisotopic (exact) mass is 172 g/mol. The van der Waals surface area contributed by atoms with Gasteiger partial charge in [0.05, 0.1) is 0 Å². The smallest absolute Gasteiger partial charge is 0.286 e. The van der Waals surface area contributed by atoms with Crippen LogP contribution in [0, 0.1) is 0 Å². The van der Waals surface area contributed by atoms with Crippen LogP contribution in [0.4, 0.5) is 8.78 Å². The van der Waals surface area contributed by atoms with Gasteiger partial charge in [0.15, 0.2) is 0 Å². The lowest BCUT2D eigenvalue weighted by Gasteiger charge is -2.08. The van der Waals surface area contributed by atoms with Crippen LogP contribution in [-0.4, -0.2) is 4.98 Å². The van der Waals surface area contributed by atoms with E-state index in [4.69, 9.17) is 5.73 Å². The van der Waals surface area contributed by atoms with Crippen molar-refractivity contribution in [3.05, 3.63) is 29.6 Å². The second-order valence-electron chi connectivity index (χ2n) is 2.64. The number of nitrogens with two attached hydrogens (primary N) is 1. The van der Waals surface area contributed by atoms with Gasteiger partial charge >= 0.3 is 0 Å². The third-order valence-electron chi connectivity index (χ3n) is 1.51. The highest BCUT2D eigenvalue weighted by Gasteiger charge is 2.25. The Balaban J connectivity index is 2.93. The normalized spacial score (nSPS) is 11.7. The SMILES string of the molecule is CC(F)(F)c1ccc(CN)cn1. The third-order valence-corrected chi connectivity index (χ3v) is 1.51. The molecule has 0 aromatic carbocycles. The molecule has 0 fully saturated rings. The van der Waals surface area contributed by atoms with Crippen molar-refractivity contribution in [2.75, 3.05) is 0 Å². The first kappa shape index (κ1) is 9.06. The van der Waals surface area contributed by atoms with E-state index in [2.05, 4.69) is 4.98 Å². The Kier molecular flexibility index (Phi) is 2.38. The molecular weight excluding hydrogens is 162 g/mol. The summed E-state index contributed by atoms with van der Waals surface area (Å²) in [6.07, 6.45) is 1.37. The van der Waals surface area contributed by atoms with Gasteiger partial charge in [0, 0.05) is 19.7 Å². The molecule has 0 spiro atoms. The molecule has 0 radical (unpaired) electrons. The minimum Gasteiger partial charge on any atom is -0.326 e. The van der Waals surface area contributed by atoms with Crippen molar-refractivity contribution in [3.63, 3.8) is 0 Å². The minimum atomic E-state index is -2.87. The molecule has 1 rings (SSSR count). The maximum absolute atomic E-state index is 12.6. The van der Waals surface area contributed by atoms with E-state index in [0.717, 1.165) is 12.5 Å². The van der Waals surface area contributed by atoms with Crippen LogP contribution < -0.4 is 5.73 Å². The Morgan fingerprint density at radius 1 is 1.50 bits per heavy atom. The first-order valence-electron chi connectivity index (χ1n) is 3.57. The predicted molar refractivity (Wildman–Crippen MR) is 41.7 cm³/mol. The van der Waals surface area contributed by atoms with Crippen molar-refractivity contribution in [1.29, 1.82) is 0 Å². The zero-order chi connectivity index (χ0) is 9.19. The number of hydrogen-bond donors (Lipinski definition) is 1. The highest BCUT2D eigenvalue weighted by molar-refractivity contribution is 5.16. The minimum absolute atomic E-state index is 0.222. The predicted octanol–water partition coefficient (Wildman–Crippen LogP) is 1.65. The van der Waals surface area contributed by atoms with Crippen molar-refractivity contribution in [1.82, 2.24) is 4.98 Å². The molecule has 4 heteroatoms. The molecule has 1 aromatic heterocycles. The van der Waals surface area contributed by atoms with E-state index in [-0.39, 0.29) is 5.69 Å². The lowest BCUT2D eigenvalue weighted by molar-refractivity contribution is 0.0127. The average Bonchev–Trinajstić information content (AvgIpc) is 2.03. The first-order chi connectivity index (χ1) is 5.54. The Bertz CT molecular complexity index is 251. The topological polar surface area (TPSA) is 38.9 Å². The lowest BCUT2D eigenvalue weighted by atomic mass is 10.2. The summed E-state index contributed by atoms with van der Waals surface area (Å²) in [5.74, 6) is -2.87. The van der Waals surface area contributed by atoms with Gasteiger partial charge in [-0.25, -0.2) is 0 Å². The van der Waals surface area contributed by atoms with Crippen LogP contribution in [0.25, 0.3) is 0 Å². The van der Waals surface area contributed by atoms with Gasteiger partial charge < -0.3 is 5.73 Å². The molecule has 2 nitrogen and oxygen atoms in total. The number of halogens is 2. The van der Waals surface area contributed by atoms with Crippen LogP contribution in [0.1, 0.15) is 18.2 Å². The van der Waals surface area contributed by atoms with Crippen LogP contribution in [-0.2, 0) is 12.5 Å². The molecule has 0 amide bonds. The van der Waals surface area contributed by atoms with E-state index in [1.54, 1.807) is 6.07 Å². The highest BCUT2D eigenvalue weighted by atomic mass is 19.3. The van der Waals surface area contributed by atoms with Gasteiger partial charge in [0.2, 0.25) is 0 Å². The standard InChI is InChI=1S/C8H10F2N2/c1-8(9,10)7-3-2-6(4-11)5-12-7/h2-3,5H,4,11H2,1H3.